The van der Waals surface area contributed by atoms with Gasteiger partial charge in [0.2, 0.25) is 12.7 Å². The lowest BCUT2D eigenvalue weighted by Gasteiger charge is -2.34. The molecular formula is C26H29N3O5. The van der Waals surface area contributed by atoms with Gasteiger partial charge in [0.1, 0.15) is 11.4 Å². The highest BCUT2D eigenvalue weighted by Crippen LogP contribution is 2.32. The minimum atomic E-state index is -0.119. The lowest BCUT2D eigenvalue weighted by atomic mass is 9.84. The molecule has 1 saturated heterocycles. The van der Waals surface area contributed by atoms with Crippen molar-refractivity contribution in [3.8, 4) is 17.2 Å². The third kappa shape index (κ3) is 4.40. The molecule has 0 radical (unpaired) electrons. The van der Waals surface area contributed by atoms with Crippen LogP contribution in [0.2, 0.25) is 0 Å². The number of rotatable bonds is 6. The number of ether oxygens (including phenoxy) is 3. The molecule has 8 nitrogen and oxygen atoms in total. The summed E-state index contributed by atoms with van der Waals surface area (Å²) in [5.74, 6) is 2.35. The quantitative estimate of drug-likeness (QED) is 0.581. The van der Waals surface area contributed by atoms with E-state index in [2.05, 4.69) is 10.3 Å². The van der Waals surface area contributed by atoms with Gasteiger partial charge in [-0.15, -0.1) is 0 Å². The summed E-state index contributed by atoms with van der Waals surface area (Å²) < 4.78 is 16.0. The average molecular weight is 464 g/mol. The molecule has 3 heterocycles. The summed E-state index contributed by atoms with van der Waals surface area (Å²) in [5, 5.41) is 4.02. The molecule has 1 aromatic heterocycles. The molecule has 0 saturated carbocycles. The number of piperidine rings is 1. The summed E-state index contributed by atoms with van der Waals surface area (Å²) in [6.07, 6.45) is 1.61. The van der Waals surface area contributed by atoms with Gasteiger partial charge >= 0.3 is 0 Å². The van der Waals surface area contributed by atoms with Gasteiger partial charge in [-0.1, -0.05) is 13.0 Å². The Morgan fingerprint density at radius 2 is 1.91 bits per heavy atom. The van der Waals surface area contributed by atoms with Crippen molar-refractivity contribution in [2.24, 2.45) is 11.8 Å². The zero-order valence-electron chi connectivity index (χ0n) is 19.4. The van der Waals surface area contributed by atoms with Gasteiger partial charge in [-0.3, -0.25) is 9.59 Å². The smallest absolute Gasteiger partial charge is 0.270 e. The first kappa shape index (κ1) is 22.1. The topological polar surface area (TPSA) is 92.9 Å². The minimum absolute atomic E-state index is 0.00599. The van der Waals surface area contributed by atoms with E-state index >= 15 is 0 Å². The van der Waals surface area contributed by atoms with Crippen LogP contribution in [0.15, 0.2) is 42.5 Å². The first-order valence-electron chi connectivity index (χ1n) is 11.6. The fraction of sp³-hybridized carbons (Fsp3) is 0.385. The fourth-order valence-electron chi connectivity index (χ4n) is 4.74. The molecule has 1 unspecified atom stereocenters. The van der Waals surface area contributed by atoms with Crippen LogP contribution in [0.25, 0.3) is 10.9 Å². The normalized spacial score (nSPS) is 16.5. The first-order valence-corrected chi connectivity index (χ1v) is 11.6. The number of fused-ring (bicyclic) bond motifs is 2. The van der Waals surface area contributed by atoms with Crippen LogP contribution >= 0.6 is 0 Å². The molecule has 2 N–H and O–H groups in total. The predicted molar refractivity (Wildman–Crippen MR) is 127 cm³/mol. The van der Waals surface area contributed by atoms with Crippen molar-refractivity contribution in [3.63, 3.8) is 0 Å². The fourth-order valence-corrected chi connectivity index (χ4v) is 4.74. The second kappa shape index (κ2) is 9.29. The van der Waals surface area contributed by atoms with Crippen molar-refractivity contribution < 1.29 is 23.8 Å². The number of nitrogens with one attached hydrogen (secondary N) is 2. The molecule has 8 heteroatoms. The Bertz CT molecular complexity index is 1210. The SMILES string of the molecule is COc1ccc2cc(C(=O)N3CCC(C(C)C(=O)NCc4ccc5c(c4)OCO5)CC3)[nH]c2c1. The van der Waals surface area contributed by atoms with Gasteiger partial charge in [-0.2, -0.15) is 0 Å². The molecule has 34 heavy (non-hydrogen) atoms. The molecule has 5 rings (SSSR count). The molecule has 2 aliphatic heterocycles. The van der Waals surface area contributed by atoms with E-state index in [1.165, 1.54) is 0 Å². The Balaban J connectivity index is 1.13. The highest BCUT2D eigenvalue weighted by molar-refractivity contribution is 5.98. The zero-order valence-corrected chi connectivity index (χ0v) is 19.4. The molecule has 0 bridgehead atoms. The van der Waals surface area contributed by atoms with Crippen molar-refractivity contribution in [2.75, 3.05) is 27.0 Å². The Morgan fingerprint density at radius 3 is 2.71 bits per heavy atom. The number of carbonyl (C=O) groups excluding carboxylic acids is 2. The predicted octanol–water partition coefficient (Wildman–Crippen LogP) is 3.71. The van der Waals surface area contributed by atoms with E-state index in [-0.39, 0.29) is 30.4 Å². The Labute approximate surface area is 198 Å². The second-order valence-corrected chi connectivity index (χ2v) is 8.96. The van der Waals surface area contributed by atoms with Gasteiger partial charge in [0, 0.05) is 42.5 Å². The second-order valence-electron chi connectivity index (χ2n) is 8.96. The van der Waals surface area contributed by atoms with Crippen LogP contribution in [0.1, 0.15) is 35.8 Å². The van der Waals surface area contributed by atoms with Crippen molar-refractivity contribution in [1.82, 2.24) is 15.2 Å². The standard InChI is InChI=1S/C26H29N3O5/c1-16(25(30)27-14-17-3-6-23-24(11-17)34-15-33-23)18-7-9-29(10-8-18)26(31)22-12-19-4-5-20(32-2)13-21(19)28-22/h3-6,11-13,16,18,28H,7-10,14-15H2,1-2H3,(H,27,30). The largest absolute Gasteiger partial charge is 0.497 e. The number of methoxy groups -OCH3 is 1. The highest BCUT2D eigenvalue weighted by Gasteiger charge is 2.30. The van der Waals surface area contributed by atoms with E-state index in [1.807, 2.05) is 54.3 Å². The van der Waals surface area contributed by atoms with Crippen molar-refractivity contribution >= 4 is 22.7 Å². The van der Waals surface area contributed by atoms with Crippen LogP contribution in [0.5, 0.6) is 17.2 Å². The van der Waals surface area contributed by atoms with Crippen LogP contribution in [0, 0.1) is 11.8 Å². The van der Waals surface area contributed by atoms with E-state index in [9.17, 15) is 9.59 Å². The Kier molecular flexibility index (Phi) is 6.04. The third-order valence-electron chi connectivity index (χ3n) is 6.91. The van der Waals surface area contributed by atoms with Gasteiger partial charge < -0.3 is 29.4 Å². The maximum absolute atomic E-state index is 13.0. The van der Waals surface area contributed by atoms with Gasteiger partial charge in [0.05, 0.1) is 7.11 Å². The molecule has 2 aromatic carbocycles. The van der Waals surface area contributed by atoms with E-state index in [1.54, 1.807) is 7.11 Å². The Hall–Kier alpha value is -3.68. The maximum Gasteiger partial charge on any atom is 0.270 e. The number of likely N-dealkylation sites (tertiary alicyclic amines) is 1. The summed E-state index contributed by atoms with van der Waals surface area (Å²) >= 11 is 0. The molecule has 0 spiro atoms. The number of hydrogen-bond acceptors (Lipinski definition) is 5. The summed E-state index contributed by atoms with van der Waals surface area (Å²) in [6.45, 7) is 3.94. The molecule has 178 valence electrons. The number of aromatic nitrogens is 1. The lowest BCUT2D eigenvalue weighted by molar-refractivity contribution is -0.126. The number of hydrogen-bond donors (Lipinski definition) is 2. The maximum atomic E-state index is 13.0. The van der Waals surface area contributed by atoms with E-state index < -0.39 is 0 Å². The lowest BCUT2D eigenvalue weighted by Crippen LogP contribution is -2.42. The van der Waals surface area contributed by atoms with E-state index in [0.29, 0.717) is 31.1 Å². The molecule has 2 amide bonds. The van der Waals surface area contributed by atoms with Crippen molar-refractivity contribution in [3.05, 3.63) is 53.7 Å². The highest BCUT2D eigenvalue weighted by atomic mass is 16.7. The van der Waals surface area contributed by atoms with E-state index in [0.717, 1.165) is 40.8 Å². The molecular weight excluding hydrogens is 434 g/mol. The van der Waals surface area contributed by atoms with Crippen LogP contribution < -0.4 is 19.5 Å². The van der Waals surface area contributed by atoms with E-state index in [4.69, 9.17) is 14.2 Å². The summed E-state index contributed by atoms with van der Waals surface area (Å²) in [4.78, 5) is 30.9. The van der Waals surface area contributed by atoms with Gasteiger partial charge in [-0.25, -0.2) is 0 Å². The minimum Gasteiger partial charge on any atom is -0.497 e. The first-order chi connectivity index (χ1) is 16.5. The van der Waals surface area contributed by atoms with Crippen molar-refractivity contribution in [1.29, 1.82) is 0 Å². The number of benzene rings is 2. The summed E-state index contributed by atoms with van der Waals surface area (Å²) in [7, 11) is 1.62. The van der Waals surface area contributed by atoms with Gasteiger partial charge in [0.25, 0.3) is 5.91 Å². The third-order valence-corrected chi connectivity index (χ3v) is 6.91. The number of aromatic amines is 1. The van der Waals surface area contributed by atoms with Crippen molar-refractivity contribution in [2.45, 2.75) is 26.3 Å². The van der Waals surface area contributed by atoms with Crippen LogP contribution in [0.3, 0.4) is 0 Å². The van der Waals surface area contributed by atoms with Gasteiger partial charge in [0.15, 0.2) is 11.5 Å². The molecule has 3 aromatic rings. The number of amides is 2. The van der Waals surface area contributed by atoms with Gasteiger partial charge in [-0.05, 0) is 54.7 Å². The van der Waals surface area contributed by atoms with Crippen LogP contribution in [0.4, 0.5) is 0 Å². The number of carbonyl (C=O) groups is 2. The monoisotopic (exact) mass is 463 g/mol. The molecule has 1 fully saturated rings. The molecule has 2 aliphatic rings. The molecule has 0 aliphatic carbocycles. The Morgan fingerprint density at radius 1 is 1.12 bits per heavy atom. The molecule has 1 atom stereocenters. The summed E-state index contributed by atoms with van der Waals surface area (Å²) in [6, 6.07) is 13.3. The zero-order chi connectivity index (χ0) is 23.7. The number of H-pyrrole nitrogens is 1. The average Bonchev–Trinajstić information content (AvgIpc) is 3.52. The number of nitrogens with zero attached hydrogens (tertiary/aromatic N) is 1. The summed E-state index contributed by atoms with van der Waals surface area (Å²) in [5.41, 5.74) is 2.43. The van der Waals surface area contributed by atoms with Crippen LogP contribution in [-0.2, 0) is 11.3 Å². The van der Waals surface area contributed by atoms with Crippen LogP contribution in [-0.4, -0.2) is 48.7 Å².